The number of methoxy groups -OCH3 is 1. The van der Waals surface area contributed by atoms with Crippen molar-refractivity contribution in [3.63, 3.8) is 0 Å². The molecule has 3 aromatic rings. The molecule has 14 nitrogen and oxygen atoms in total. The van der Waals surface area contributed by atoms with Gasteiger partial charge in [-0.15, -0.1) is 0 Å². The van der Waals surface area contributed by atoms with Crippen molar-refractivity contribution in [3.05, 3.63) is 99.1 Å². The Kier molecular flexibility index (Phi) is 16.4. The van der Waals surface area contributed by atoms with E-state index in [-0.39, 0.29) is 92.6 Å². The lowest BCUT2D eigenvalue weighted by atomic mass is 9.53. The molecule has 3 aliphatic carbocycles. The smallest absolute Gasteiger partial charge is 0.334 e. The number of aliphatic hydroxyl groups is 5. The number of phenols is 1. The first-order valence-electron chi connectivity index (χ1n) is 27.1. The Morgan fingerprint density at radius 3 is 2.42 bits per heavy atom. The normalized spacial score (nSPS) is 30.7. The highest BCUT2D eigenvalue weighted by Crippen LogP contribution is 2.56. The fourth-order valence-corrected chi connectivity index (χ4v) is 13.5. The predicted octanol–water partition coefficient (Wildman–Crippen LogP) is 6.75. The summed E-state index contributed by atoms with van der Waals surface area (Å²) >= 11 is 0. The van der Waals surface area contributed by atoms with Crippen molar-refractivity contribution in [2.75, 3.05) is 39.2 Å². The van der Waals surface area contributed by atoms with Crippen molar-refractivity contribution >= 4 is 23.4 Å². The van der Waals surface area contributed by atoms with Gasteiger partial charge in [0.15, 0.2) is 0 Å². The van der Waals surface area contributed by atoms with Crippen molar-refractivity contribution in [1.29, 1.82) is 0 Å². The first kappa shape index (κ1) is 53.7. The van der Waals surface area contributed by atoms with E-state index in [0.717, 1.165) is 49.7 Å². The second kappa shape index (κ2) is 22.6. The van der Waals surface area contributed by atoms with Gasteiger partial charge in [0.2, 0.25) is 0 Å². The minimum atomic E-state index is -1.65. The number of phenolic OH excluding ortho intramolecular Hbond substituents is 1. The number of likely N-dealkylation sites (N-methyl/N-ethyl adjacent to an activating group) is 1. The van der Waals surface area contributed by atoms with Crippen LogP contribution < -0.4 is 15.4 Å². The molecular weight excluding hydrogens is 941 g/mol. The SMILES string of the molecule is CC[C@H]1CC[C@@H]2[C@@H]3Cc4cccc(c4)C[C@H](O)/C=C4/C[C@H](c5cc(NC[C@@](C)(O)[C@H](O)COC)cc([C@@H](O)CNC)c5)C#C[C@@H]5CC(=O)Oc6c5cc(c(O)c6C5CCCCC5)C[C@@H](OC4=O)[C@@]1(O)[C@H]2CCC3=O. The number of aliphatic hydroxyl groups excluding tert-OH is 3. The van der Waals surface area contributed by atoms with Crippen molar-refractivity contribution in [2.24, 2.45) is 23.7 Å². The van der Waals surface area contributed by atoms with E-state index in [1.807, 2.05) is 49.4 Å². The highest BCUT2D eigenvalue weighted by atomic mass is 16.6. The molecule has 9 rings (SSSR count). The van der Waals surface area contributed by atoms with E-state index in [2.05, 4.69) is 22.5 Å². The molecule has 0 aromatic heterocycles. The van der Waals surface area contributed by atoms with Gasteiger partial charge in [-0.1, -0.05) is 74.8 Å². The van der Waals surface area contributed by atoms with Crippen LogP contribution in [0.1, 0.15) is 154 Å². The molecule has 3 fully saturated rings. The summed E-state index contributed by atoms with van der Waals surface area (Å²) < 4.78 is 18.2. The van der Waals surface area contributed by atoms with Gasteiger partial charge in [-0.3, -0.25) is 9.59 Å². The number of Topliss-reactive ketones (excluding diaryl/α,β-unsaturated/α-hetero) is 1. The molecule has 0 amide bonds. The van der Waals surface area contributed by atoms with Crippen molar-refractivity contribution in [1.82, 2.24) is 5.32 Å². The second-order valence-electron chi connectivity index (χ2n) is 22.5. The molecule has 0 radical (unpaired) electrons. The van der Waals surface area contributed by atoms with Crippen LogP contribution in [0.5, 0.6) is 11.5 Å². The highest BCUT2D eigenvalue weighted by Gasteiger charge is 2.59. The molecule has 3 saturated carbocycles. The number of benzene rings is 3. The lowest BCUT2D eigenvalue weighted by Crippen LogP contribution is -2.63. The number of rotatable bonds is 12. The summed E-state index contributed by atoms with van der Waals surface area (Å²) in [5, 5.41) is 78.6. The summed E-state index contributed by atoms with van der Waals surface area (Å²) in [4.78, 5) is 43.5. The number of hydrogen-bond donors (Lipinski definition) is 8. The van der Waals surface area contributed by atoms with E-state index < -0.39 is 65.3 Å². The minimum Gasteiger partial charge on any atom is -0.507 e. The second-order valence-corrected chi connectivity index (χ2v) is 22.5. The molecule has 14 heteroatoms. The molecule has 3 aromatic carbocycles. The van der Waals surface area contributed by atoms with E-state index in [0.29, 0.717) is 64.9 Å². The van der Waals surface area contributed by atoms with Crippen LogP contribution in [0.15, 0.2) is 60.2 Å². The van der Waals surface area contributed by atoms with Gasteiger partial charge in [0.05, 0.1) is 31.2 Å². The fraction of sp³-hybridized carbons (Fsp3) is 0.583. The van der Waals surface area contributed by atoms with Crippen molar-refractivity contribution in [3.8, 4) is 23.3 Å². The van der Waals surface area contributed by atoms with Gasteiger partial charge in [-0.25, -0.2) is 4.79 Å². The molecule has 8 N–H and O–H groups in total. The Bertz CT molecular complexity index is 2660. The van der Waals surface area contributed by atoms with Gasteiger partial charge in [0, 0.05) is 73.7 Å². The molecule has 3 aliphatic heterocycles. The highest BCUT2D eigenvalue weighted by molar-refractivity contribution is 5.89. The van der Waals surface area contributed by atoms with Gasteiger partial charge in [-0.05, 0) is 135 Å². The summed E-state index contributed by atoms with van der Waals surface area (Å²) in [6, 6.07) is 15.1. The number of esters is 2. The summed E-state index contributed by atoms with van der Waals surface area (Å²) in [5.74, 6) is 3.04. The molecule has 0 saturated heterocycles. The summed E-state index contributed by atoms with van der Waals surface area (Å²) in [6.07, 6.45) is 4.20. The van der Waals surface area contributed by atoms with Crippen LogP contribution in [0.25, 0.3) is 0 Å². The standard InChI is InChI=1S/C60H76N2O12/c1-5-43-16-17-46-48-22-35-11-9-10-34(20-35)21-45(63)27-42-23-37(39-24-40(51(65)31-61-3)26-44(25-39)62-33-59(2,70)52(66)32-72-4)14-15-38-30-54(67)74-57-47(38)28-41(56(68)55(57)36-12-7-6-8-13-36)29-53(73-58(42)69)60(43,71)49(46)18-19-50(48)64/h9-11,20,24-28,36-38,43,45-46,48-49,51-53,61-63,65-66,68,70-71H,5-8,12-13,16-19,21-23,29-33H2,1-4H3/b42-27-/t37-,38-,43+,45+,46-,48+,49+,51+,52-,53-,59-,60+/m1/s1. The maximum absolute atomic E-state index is 15.6. The molecular formula is C60H76N2O12. The number of carbonyl (C=O) groups excluding carboxylic acids is 3. The minimum absolute atomic E-state index is 0.0476. The van der Waals surface area contributed by atoms with E-state index >= 15 is 4.79 Å². The maximum atomic E-state index is 15.6. The number of carbonyl (C=O) groups is 3. The largest absolute Gasteiger partial charge is 0.507 e. The number of aromatic hydroxyl groups is 1. The number of ether oxygens (including phenoxy) is 3. The van der Waals surface area contributed by atoms with Crippen LogP contribution in [0.4, 0.5) is 5.69 Å². The number of ketones is 1. The molecule has 398 valence electrons. The lowest BCUT2D eigenvalue weighted by Gasteiger charge is -2.56. The molecule has 0 spiro atoms. The Hall–Kier alpha value is -5.11. The van der Waals surface area contributed by atoms with Gasteiger partial charge in [0.1, 0.15) is 40.7 Å². The van der Waals surface area contributed by atoms with E-state index in [1.165, 1.54) is 20.1 Å². The first-order valence-corrected chi connectivity index (χ1v) is 27.1. The summed E-state index contributed by atoms with van der Waals surface area (Å²) in [6.45, 7) is 3.49. The van der Waals surface area contributed by atoms with E-state index in [1.54, 1.807) is 13.1 Å². The molecule has 3 heterocycles. The van der Waals surface area contributed by atoms with Gasteiger partial charge in [-0.2, -0.15) is 0 Å². The van der Waals surface area contributed by atoms with Crippen molar-refractivity contribution in [2.45, 2.75) is 164 Å². The van der Waals surface area contributed by atoms with Crippen molar-refractivity contribution < 1.29 is 59.2 Å². The zero-order valence-electron chi connectivity index (χ0n) is 43.4. The molecule has 10 bridgehead atoms. The predicted molar refractivity (Wildman–Crippen MR) is 279 cm³/mol. The Morgan fingerprint density at radius 1 is 0.919 bits per heavy atom. The number of nitrogens with one attached hydrogen (secondary N) is 2. The third-order valence-electron chi connectivity index (χ3n) is 17.5. The Balaban J connectivity index is 1.27. The summed E-state index contributed by atoms with van der Waals surface area (Å²) in [7, 11) is 3.15. The quantitative estimate of drug-likeness (QED) is 0.0534. The van der Waals surface area contributed by atoms with Crippen LogP contribution in [0.2, 0.25) is 0 Å². The van der Waals surface area contributed by atoms with Crippen LogP contribution in [-0.2, 0) is 43.1 Å². The summed E-state index contributed by atoms with van der Waals surface area (Å²) in [5.41, 5.74) is 1.74. The average Bonchev–Trinajstić information content (AvgIpc) is 3.38. The molecule has 74 heavy (non-hydrogen) atoms. The Labute approximate surface area is 435 Å². The number of anilines is 1. The first-order chi connectivity index (χ1) is 35.5. The Morgan fingerprint density at radius 2 is 1.68 bits per heavy atom. The van der Waals surface area contributed by atoms with Gasteiger partial charge in [0.25, 0.3) is 0 Å². The molecule has 12 atom stereocenters. The van der Waals surface area contributed by atoms with E-state index in [9.17, 15) is 40.2 Å². The lowest BCUT2D eigenvalue weighted by molar-refractivity contribution is -0.212. The van der Waals surface area contributed by atoms with Crippen LogP contribution in [0, 0.1) is 35.5 Å². The van der Waals surface area contributed by atoms with Gasteiger partial charge >= 0.3 is 11.9 Å². The maximum Gasteiger partial charge on any atom is 0.334 e. The van der Waals surface area contributed by atoms with Crippen LogP contribution in [-0.4, -0.2) is 112 Å². The third kappa shape index (κ3) is 11.1. The third-order valence-corrected chi connectivity index (χ3v) is 17.5. The van der Waals surface area contributed by atoms with Gasteiger partial charge < -0.3 is 55.5 Å². The number of hydrogen-bond acceptors (Lipinski definition) is 14. The number of fused-ring (bicyclic) bond motifs is 7. The monoisotopic (exact) mass is 1020 g/mol. The molecule has 6 aliphatic rings. The zero-order chi connectivity index (χ0) is 52.5. The van der Waals surface area contributed by atoms with Crippen LogP contribution in [0.3, 0.4) is 0 Å². The van der Waals surface area contributed by atoms with Crippen LogP contribution >= 0.6 is 0 Å². The fourth-order valence-electron chi connectivity index (χ4n) is 13.5. The zero-order valence-corrected chi connectivity index (χ0v) is 43.4. The molecule has 0 unspecified atom stereocenters. The topological polar surface area (TPSA) is 224 Å². The van der Waals surface area contributed by atoms with E-state index in [4.69, 9.17) is 14.2 Å². The average molecular weight is 1020 g/mol.